The number of aliphatic hydroxyl groups is 1. The van der Waals surface area contributed by atoms with Crippen LogP contribution >= 0.6 is 0 Å². The number of rotatable bonds is 33. The lowest BCUT2D eigenvalue weighted by Crippen LogP contribution is -2.05. The van der Waals surface area contributed by atoms with E-state index in [1.54, 1.807) is 0 Å². The summed E-state index contributed by atoms with van der Waals surface area (Å²) in [5.74, 6) is 0. The van der Waals surface area contributed by atoms with Crippen molar-refractivity contribution in [3.8, 4) is 0 Å². The van der Waals surface area contributed by atoms with Crippen LogP contribution in [0.3, 0.4) is 0 Å². The molecule has 0 amide bonds. The summed E-state index contributed by atoms with van der Waals surface area (Å²) in [5.41, 5.74) is 0. The minimum atomic E-state index is -0.0406. The molecule has 37 heavy (non-hydrogen) atoms. The monoisotopic (exact) mass is 525 g/mol. The molecule has 2 nitrogen and oxygen atoms in total. The largest absolute Gasteiger partial charge is 0.393 e. The first kappa shape index (κ1) is 36.9. The van der Waals surface area contributed by atoms with E-state index in [2.05, 4.69) is 13.8 Å². The van der Waals surface area contributed by atoms with Gasteiger partial charge in [0.15, 0.2) is 0 Å². The Morgan fingerprint density at radius 2 is 0.649 bits per heavy atom. The van der Waals surface area contributed by atoms with E-state index < -0.39 is 0 Å². The molecule has 1 N–H and O–H groups in total. The van der Waals surface area contributed by atoms with Crippen LogP contribution in [0.2, 0.25) is 0 Å². The van der Waals surface area contributed by atoms with Gasteiger partial charge in [-0.15, -0.1) is 0 Å². The molecule has 2 heteroatoms. The maximum Gasteiger partial charge on any atom is 0.0540 e. The maximum absolute atomic E-state index is 10.3. The summed E-state index contributed by atoms with van der Waals surface area (Å²) in [6.07, 6.45) is 41.0. The number of unbranched alkanes of at least 4 members (excludes halogenated alkanes) is 26. The van der Waals surface area contributed by atoms with Crippen LogP contribution in [0.1, 0.15) is 206 Å². The second-order valence-electron chi connectivity index (χ2n) is 12.0. The van der Waals surface area contributed by atoms with Gasteiger partial charge in [-0.3, -0.25) is 0 Å². The van der Waals surface area contributed by atoms with Crippen LogP contribution in [0, 0.1) is 0 Å². The Bertz CT molecular complexity index is 383. The van der Waals surface area contributed by atoms with Gasteiger partial charge >= 0.3 is 0 Å². The average molecular weight is 525 g/mol. The molecule has 1 atom stereocenters. The average Bonchev–Trinajstić information content (AvgIpc) is 2.90. The van der Waals surface area contributed by atoms with Gasteiger partial charge in [-0.2, -0.15) is 0 Å². The molecule has 0 radical (unpaired) electrons. The molecule has 0 fully saturated rings. The Morgan fingerprint density at radius 1 is 0.378 bits per heavy atom. The van der Waals surface area contributed by atoms with E-state index in [0.29, 0.717) is 0 Å². The Labute approximate surface area is 235 Å². The number of hydrogen-bond donors (Lipinski definition) is 1. The molecule has 0 aromatic heterocycles. The first-order valence-corrected chi connectivity index (χ1v) is 17.6. The van der Waals surface area contributed by atoms with E-state index in [0.717, 1.165) is 26.1 Å². The summed E-state index contributed by atoms with van der Waals surface area (Å²) in [7, 11) is 0. The quantitative estimate of drug-likeness (QED) is 0.0865. The van der Waals surface area contributed by atoms with E-state index in [4.69, 9.17) is 4.74 Å². The fourth-order valence-electron chi connectivity index (χ4n) is 5.57. The lowest BCUT2D eigenvalue weighted by molar-refractivity contribution is 0.143. The molecule has 0 spiro atoms. The van der Waals surface area contributed by atoms with E-state index in [1.807, 2.05) is 0 Å². The Kier molecular flexibility index (Phi) is 33.9. The van der Waals surface area contributed by atoms with Gasteiger partial charge in [-0.05, 0) is 26.2 Å². The zero-order valence-corrected chi connectivity index (χ0v) is 26.1. The molecule has 0 aliphatic heterocycles. The summed E-state index contributed by atoms with van der Waals surface area (Å²) in [5, 5.41) is 10.3. The topological polar surface area (TPSA) is 29.5 Å². The van der Waals surface area contributed by atoms with Crippen molar-refractivity contribution in [1.82, 2.24) is 0 Å². The van der Waals surface area contributed by atoms with Crippen LogP contribution in [0.25, 0.3) is 0 Å². The van der Waals surface area contributed by atoms with Crippen molar-refractivity contribution in [2.45, 2.75) is 213 Å². The SMILES string of the molecule is CCCCCCCCCCCCCCCCCC(O)CCCCCCCCCCCCCCCOCC. The summed E-state index contributed by atoms with van der Waals surface area (Å²) in [6, 6.07) is 0. The number of ether oxygens (including phenoxy) is 1. The molecule has 0 aromatic rings. The van der Waals surface area contributed by atoms with Crippen molar-refractivity contribution < 1.29 is 9.84 Å². The Morgan fingerprint density at radius 3 is 0.946 bits per heavy atom. The molecule has 0 aromatic carbocycles. The van der Waals surface area contributed by atoms with Gasteiger partial charge in [0.2, 0.25) is 0 Å². The third-order valence-corrected chi connectivity index (χ3v) is 8.17. The van der Waals surface area contributed by atoms with E-state index in [9.17, 15) is 5.11 Å². The van der Waals surface area contributed by atoms with E-state index in [1.165, 1.54) is 180 Å². The molecular weight excluding hydrogens is 452 g/mol. The highest BCUT2D eigenvalue weighted by molar-refractivity contribution is 4.58. The Hall–Kier alpha value is -0.0800. The highest BCUT2D eigenvalue weighted by Crippen LogP contribution is 2.17. The molecule has 0 bridgehead atoms. The van der Waals surface area contributed by atoms with Crippen molar-refractivity contribution in [3.05, 3.63) is 0 Å². The summed E-state index contributed by atoms with van der Waals surface area (Å²) < 4.78 is 5.39. The van der Waals surface area contributed by atoms with Crippen molar-refractivity contribution in [2.75, 3.05) is 13.2 Å². The molecule has 0 rings (SSSR count). The number of aliphatic hydroxyl groups excluding tert-OH is 1. The van der Waals surface area contributed by atoms with Gasteiger partial charge in [0, 0.05) is 13.2 Å². The molecule has 0 heterocycles. The lowest BCUT2D eigenvalue weighted by Gasteiger charge is -2.10. The van der Waals surface area contributed by atoms with Crippen molar-refractivity contribution in [2.24, 2.45) is 0 Å². The molecular formula is C35H72O2. The van der Waals surface area contributed by atoms with Crippen molar-refractivity contribution in [1.29, 1.82) is 0 Å². The van der Waals surface area contributed by atoms with Gasteiger partial charge < -0.3 is 9.84 Å². The van der Waals surface area contributed by atoms with Crippen LogP contribution in [-0.4, -0.2) is 24.4 Å². The molecule has 0 aliphatic rings. The highest BCUT2D eigenvalue weighted by Gasteiger charge is 2.04. The minimum absolute atomic E-state index is 0.0406. The van der Waals surface area contributed by atoms with Crippen LogP contribution < -0.4 is 0 Å². The Balaban J connectivity index is 3.13. The molecule has 0 saturated heterocycles. The van der Waals surface area contributed by atoms with E-state index in [-0.39, 0.29) is 6.10 Å². The predicted molar refractivity (Wildman–Crippen MR) is 167 cm³/mol. The lowest BCUT2D eigenvalue weighted by atomic mass is 10.0. The molecule has 224 valence electrons. The van der Waals surface area contributed by atoms with Crippen LogP contribution in [0.15, 0.2) is 0 Å². The summed E-state index contributed by atoms with van der Waals surface area (Å²) in [6.45, 7) is 6.19. The smallest absolute Gasteiger partial charge is 0.0540 e. The molecule has 0 aliphatic carbocycles. The number of hydrogen-bond acceptors (Lipinski definition) is 2. The standard InChI is InChI=1S/C35H72O2/c1-3-5-6-7-8-9-10-11-12-14-17-20-23-26-29-32-35(36)33-30-27-24-21-18-15-13-16-19-22-25-28-31-34-37-4-2/h35-36H,3-34H2,1-2H3. The van der Waals surface area contributed by atoms with Crippen molar-refractivity contribution >= 4 is 0 Å². The van der Waals surface area contributed by atoms with Gasteiger partial charge in [-0.25, -0.2) is 0 Å². The summed E-state index contributed by atoms with van der Waals surface area (Å²) in [4.78, 5) is 0. The normalized spacial score (nSPS) is 12.4. The predicted octanol–water partition coefficient (Wildman–Crippen LogP) is 12.1. The highest BCUT2D eigenvalue weighted by atomic mass is 16.5. The van der Waals surface area contributed by atoms with Crippen molar-refractivity contribution in [3.63, 3.8) is 0 Å². The zero-order chi connectivity index (χ0) is 26.9. The molecule has 1 unspecified atom stereocenters. The third-order valence-electron chi connectivity index (χ3n) is 8.17. The fourth-order valence-corrected chi connectivity index (χ4v) is 5.57. The fraction of sp³-hybridized carbons (Fsp3) is 1.00. The third kappa shape index (κ3) is 33.9. The van der Waals surface area contributed by atoms with Gasteiger partial charge in [0.1, 0.15) is 0 Å². The zero-order valence-electron chi connectivity index (χ0n) is 26.1. The van der Waals surface area contributed by atoms with Gasteiger partial charge in [0.25, 0.3) is 0 Å². The minimum Gasteiger partial charge on any atom is -0.393 e. The first-order valence-electron chi connectivity index (χ1n) is 17.6. The van der Waals surface area contributed by atoms with Crippen LogP contribution in [0.4, 0.5) is 0 Å². The second-order valence-corrected chi connectivity index (χ2v) is 12.0. The maximum atomic E-state index is 10.3. The first-order chi connectivity index (χ1) is 18.3. The molecule has 0 saturated carbocycles. The van der Waals surface area contributed by atoms with Gasteiger partial charge in [-0.1, -0.05) is 180 Å². The van der Waals surface area contributed by atoms with Crippen LogP contribution in [-0.2, 0) is 4.74 Å². The summed E-state index contributed by atoms with van der Waals surface area (Å²) >= 11 is 0. The van der Waals surface area contributed by atoms with E-state index >= 15 is 0 Å². The van der Waals surface area contributed by atoms with Gasteiger partial charge in [0.05, 0.1) is 6.10 Å². The second kappa shape index (κ2) is 33.9. The van der Waals surface area contributed by atoms with Crippen LogP contribution in [0.5, 0.6) is 0 Å².